The molecule has 1 atom stereocenters. The number of carboxylic acid groups (broad SMARTS) is 1. The van der Waals surface area contributed by atoms with E-state index in [1.54, 1.807) is 69.3 Å². The van der Waals surface area contributed by atoms with Gasteiger partial charge in [0.2, 0.25) is 0 Å². The molecule has 0 fully saturated rings. The van der Waals surface area contributed by atoms with Crippen LogP contribution in [0.1, 0.15) is 43.6 Å². The number of ketones is 1. The van der Waals surface area contributed by atoms with Crippen molar-refractivity contribution in [3.63, 3.8) is 0 Å². The molecule has 2 N–H and O–H groups in total. The van der Waals surface area contributed by atoms with Gasteiger partial charge in [-0.05, 0) is 57.5 Å². The first-order valence-corrected chi connectivity index (χ1v) is 9.14. The number of aliphatic carboxylic acids is 1. The molecule has 0 aliphatic heterocycles. The molecule has 0 bridgehead atoms. The van der Waals surface area contributed by atoms with Gasteiger partial charge in [-0.1, -0.05) is 24.3 Å². The predicted molar refractivity (Wildman–Crippen MR) is 107 cm³/mol. The first-order valence-electron chi connectivity index (χ1n) is 9.14. The lowest BCUT2D eigenvalue weighted by molar-refractivity contribution is -0.139. The molecule has 1 amide bonds. The number of amides is 1. The number of nitrogens with one attached hydrogen (secondary N) is 1. The van der Waals surface area contributed by atoms with Gasteiger partial charge < -0.3 is 19.9 Å². The van der Waals surface area contributed by atoms with E-state index in [1.165, 1.54) is 6.92 Å². The van der Waals surface area contributed by atoms with E-state index in [2.05, 4.69) is 5.32 Å². The summed E-state index contributed by atoms with van der Waals surface area (Å²) < 4.78 is 10.9. The van der Waals surface area contributed by atoms with Gasteiger partial charge in [0.05, 0.1) is 5.56 Å². The van der Waals surface area contributed by atoms with Gasteiger partial charge in [0.25, 0.3) is 0 Å². The number of benzene rings is 2. The topological polar surface area (TPSA) is 102 Å². The Hall–Kier alpha value is -3.35. The molecular formula is C22H25NO6. The molecule has 2 aromatic carbocycles. The highest BCUT2D eigenvalue weighted by molar-refractivity contribution is 5.96. The van der Waals surface area contributed by atoms with Gasteiger partial charge >= 0.3 is 12.1 Å². The monoisotopic (exact) mass is 399 g/mol. The van der Waals surface area contributed by atoms with Crippen LogP contribution in [0.3, 0.4) is 0 Å². The molecular weight excluding hydrogens is 374 g/mol. The SMILES string of the molecule is CC(=O)c1ccccc1Oc1ccc(CC(NC(=O)OC(C)(C)C)C(=O)O)cc1. The zero-order valence-corrected chi connectivity index (χ0v) is 16.9. The molecule has 7 heteroatoms. The molecule has 0 saturated carbocycles. The van der Waals surface area contributed by atoms with E-state index in [1.807, 2.05) is 0 Å². The second kappa shape index (κ2) is 9.23. The van der Waals surface area contributed by atoms with Gasteiger partial charge in [-0.15, -0.1) is 0 Å². The third-order valence-corrected chi connectivity index (χ3v) is 3.85. The van der Waals surface area contributed by atoms with Crippen LogP contribution in [0.15, 0.2) is 48.5 Å². The second-order valence-electron chi connectivity index (χ2n) is 7.54. The fourth-order valence-corrected chi connectivity index (χ4v) is 2.55. The predicted octanol–water partition coefficient (Wildman–Crippen LogP) is 4.20. The van der Waals surface area contributed by atoms with E-state index in [0.717, 1.165) is 0 Å². The minimum absolute atomic E-state index is 0.0822. The Kier molecular flexibility index (Phi) is 6.98. The molecule has 0 spiro atoms. The number of hydrogen-bond acceptors (Lipinski definition) is 5. The van der Waals surface area contributed by atoms with Crippen LogP contribution in [-0.2, 0) is 16.0 Å². The number of rotatable bonds is 7. The molecule has 0 heterocycles. The average molecular weight is 399 g/mol. The smallest absolute Gasteiger partial charge is 0.408 e. The van der Waals surface area contributed by atoms with Crippen molar-refractivity contribution in [3.05, 3.63) is 59.7 Å². The van der Waals surface area contributed by atoms with E-state index < -0.39 is 23.7 Å². The first kappa shape index (κ1) is 21.9. The van der Waals surface area contributed by atoms with Crippen molar-refractivity contribution in [1.29, 1.82) is 0 Å². The van der Waals surface area contributed by atoms with E-state index in [-0.39, 0.29) is 12.2 Å². The highest BCUT2D eigenvalue weighted by Gasteiger charge is 2.24. The summed E-state index contributed by atoms with van der Waals surface area (Å²) in [5.74, 6) is -0.307. The number of carbonyl (C=O) groups excluding carboxylic acids is 2. The summed E-state index contributed by atoms with van der Waals surface area (Å²) in [6.45, 7) is 6.57. The lowest BCUT2D eigenvalue weighted by Gasteiger charge is -2.22. The third-order valence-electron chi connectivity index (χ3n) is 3.85. The van der Waals surface area contributed by atoms with Crippen LogP contribution in [0, 0.1) is 0 Å². The van der Waals surface area contributed by atoms with Crippen LogP contribution >= 0.6 is 0 Å². The summed E-state index contributed by atoms with van der Waals surface area (Å²) in [4.78, 5) is 35.0. The van der Waals surface area contributed by atoms with Crippen molar-refractivity contribution in [1.82, 2.24) is 5.32 Å². The molecule has 7 nitrogen and oxygen atoms in total. The third kappa shape index (κ3) is 6.95. The molecule has 154 valence electrons. The van der Waals surface area contributed by atoms with E-state index in [4.69, 9.17) is 9.47 Å². The summed E-state index contributed by atoms with van der Waals surface area (Å²) >= 11 is 0. The largest absolute Gasteiger partial charge is 0.480 e. The maximum atomic E-state index is 11.9. The van der Waals surface area contributed by atoms with Gasteiger partial charge in [0.1, 0.15) is 23.1 Å². The summed E-state index contributed by atoms with van der Waals surface area (Å²) in [6.07, 6.45) is -0.704. The van der Waals surface area contributed by atoms with Crippen molar-refractivity contribution in [2.24, 2.45) is 0 Å². The van der Waals surface area contributed by atoms with Gasteiger partial charge in [-0.2, -0.15) is 0 Å². The summed E-state index contributed by atoms with van der Waals surface area (Å²) in [5, 5.41) is 11.8. The van der Waals surface area contributed by atoms with E-state index >= 15 is 0 Å². The van der Waals surface area contributed by atoms with E-state index in [0.29, 0.717) is 22.6 Å². The minimum atomic E-state index is -1.16. The molecule has 0 aliphatic carbocycles. The molecule has 0 aliphatic rings. The van der Waals surface area contributed by atoms with Crippen molar-refractivity contribution < 1.29 is 29.0 Å². The lowest BCUT2D eigenvalue weighted by Crippen LogP contribution is -2.44. The number of ether oxygens (including phenoxy) is 2. The highest BCUT2D eigenvalue weighted by atomic mass is 16.6. The van der Waals surface area contributed by atoms with Crippen LogP contribution < -0.4 is 10.1 Å². The number of carbonyl (C=O) groups is 3. The van der Waals surface area contributed by atoms with Crippen LogP contribution in [-0.4, -0.2) is 34.6 Å². The quantitative estimate of drug-likeness (QED) is 0.677. The number of hydrogen-bond donors (Lipinski definition) is 2. The molecule has 1 unspecified atom stereocenters. The summed E-state index contributed by atoms with van der Waals surface area (Å²) in [5.41, 5.74) is 0.451. The second-order valence-corrected chi connectivity index (χ2v) is 7.54. The maximum Gasteiger partial charge on any atom is 0.408 e. The Labute approximate surface area is 169 Å². The van der Waals surface area contributed by atoms with Crippen molar-refractivity contribution in [2.45, 2.75) is 45.8 Å². The van der Waals surface area contributed by atoms with Crippen LogP contribution in [0.25, 0.3) is 0 Å². The molecule has 2 rings (SSSR count). The van der Waals surface area contributed by atoms with Gasteiger partial charge in [0, 0.05) is 6.42 Å². The van der Waals surface area contributed by atoms with Crippen molar-refractivity contribution >= 4 is 17.8 Å². The Balaban J connectivity index is 2.06. The zero-order chi connectivity index (χ0) is 21.6. The standard InChI is InChI=1S/C22H25NO6/c1-14(24)17-7-5-6-8-19(17)28-16-11-9-15(10-12-16)13-18(20(25)26)23-21(27)29-22(2,3)4/h5-12,18H,13H2,1-4H3,(H,23,27)(H,25,26). The molecule has 29 heavy (non-hydrogen) atoms. The fraction of sp³-hybridized carbons (Fsp3) is 0.318. The normalized spacial score (nSPS) is 12.0. The Morgan fingerprint density at radius 1 is 1.03 bits per heavy atom. The maximum absolute atomic E-state index is 11.9. The Morgan fingerprint density at radius 2 is 1.66 bits per heavy atom. The average Bonchev–Trinajstić information content (AvgIpc) is 2.61. The molecule has 0 radical (unpaired) electrons. The van der Waals surface area contributed by atoms with Gasteiger partial charge in [-0.25, -0.2) is 9.59 Å². The van der Waals surface area contributed by atoms with Crippen molar-refractivity contribution in [3.8, 4) is 11.5 Å². The number of alkyl carbamates (subject to hydrolysis) is 1. The molecule has 0 aromatic heterocycles. The summed E-state index contributed by atoms with van der Waals surface area (Å²) in [7, 11) is 0. The zero-order valence-electron chi connectivity index (χ0n) is 16.9. The van der Waals surface area contributed by atoms with E-state index in [9.17, 15) is 19.5 Å². The highest BCUT2D eigenvalue weighted by Crippen LogP contribution is 2.26. The van der Waals surface area contributed by atoms with Crippen LogP contribution in [0.4, 0.5) is 4.79 Å². The van der Waals surface area contributed by atoms with Crippen LogP contribution in [0.2, 0.25) is 0 Å². The number of para-hydroxylation sites is 1. The fourth-order valence-electron chi connectivity index (χ4n) is 2.55. The minimum Gasteiger partial charge on any atom is -0.480 e. The Morgan fingerprint density at radius 3 is 2.21 bits per heavy atom. The first-order chi connectivity index (χ1) is 13.5. The summed E-state index contributed by atoms with van der Waals surface area (Å²) in [6, 6.07) is 12.6. The molecule has 2 aromatic rings. The lowest BCUT2D eigenvalue weighted by atomic mass is 10.1. The molecule has 0 saturated heterocycles. The Bertz CT molecular complexity index is 883. The van der Waals surface area contributed by atoms with Gasteiger partial charge in [0.15, 0.2) is 5.78 Å². The number of Topliss-reactive ketones (excluding diaryl/α,β-unsaturated/α-hetero) is 1. The van der Waals surface area contributed by atoms with Crippen LogP contribution in [0.5, 0.6) is 11.5 Å². The van der Waals surface area contributed by atoms with Gasteiger partial charge in [-0.3, -0.25) is 4.79 Å². The van der Waals surface area contributed by atoms with Crippen molar-refractivity contribution in [2.75, 3.05) is 0 Å². The number of carboxylic acids is 1.